The predicted molar refractivity (Wildman–Crippen MR) is 152 cm³/mol. The summed E-state index contributed by atoms with van der Waals surface area (Å²) in [6.45, 7) is 6.43. The molecule has 1 saturated heterocycles. The van der Waals surface area contributed by atoms with E-state index in [2.05, 4.69) is 34.4 Å². The number of carbonyl (C=O) groups is 1. The lowest BCUT2D eigenvalue weighted by molar-refractivity contribution is -0.117. The van der Waals surface area contributed by atoms with Gasteiger partial charge in [0, 0.05) is 29.3 Å². The largest absolute Gasteiger partial charge is 0.495 e. The van der Waals surface area contributed by atoms with Gasteiger partial charge in [0.05, 0.1) is 55.3 Å². The van der Waals surface area contributed by atoms with Crippen LogP contribution in [0.1, 0.15) is 19.8 Å². The summed E-state index contributed by atoms with van der Waals surface area (Å²) in [4.78, 5) is 26.1. The molecule has 1 saturated carbocycles. The zero-order valence-corrected chi connectivity index (χ0v) is 23.4. The van der Waals surface area contributed by atoms with Gasteiger partial charge in [-0.3, -0.25) is 4.79 Å². The van der Waals surface area contributed by atoms with E-state index in [1.165, 1.54) is 20.3 Å². The number of anilines is 2. The lowest BCUT2D eigenvalue weighted by Crippen LogP contribution is -2.45. The first-order valence-corrected chi connectivity index (χ1v) is 13.4. The lowest BCUT2D eigenvalue weighted by atomic mass is 10.1. The van der Waals surface area contributed by atoms with Crippen LogP contribution >= 0.6 is 23.2 Å². The van der Waals surface area contributed by atoms with Crippen LogP contribution in [0, 0.1) is 5.92 Å². The zero-order chi connectivity index (χ0) is 27.7. The molecular formula is C27H30Cl2N6O4. The molecule has 2 aromatic heterocycles. The maximum Gasteiger partial charge on any atom is 0.243 e. The summed E-state index contributed by atoms with van der Waals surface area (Å²) in [6.07, 6.45) is 5.28. The number of hydrogen-bond donors (Lipinski definition) is 3. The van der Waals surface area contributed by atoms with Gasteiger partial charge in [0.15, 0.2) is 5.82 Å². The number of amides is 1. The molecule has 3 atom stereocenters. The Morgan fingerprint density at radius 1 is 1.13 bits per heavy atom. The Hall–Kier alpha value is -3.34. The molecule has 0 bridgehead atoms. The number of methoxy groups -OCH3 is 2. The number of fused-ring (bicyclic) bond motifs is 1. The Balaban J connectivity index is 1.56. The second-order valence-electron chi connectivity index (χ2n) is 9.65. The summed E-state index contributed by atoms with van der Waals surface area (Å²) < 4.78 is 16.5. The molecule has 2 aliphatic rings. The van der Waals surface area contributed by atoms with Crippen LogP contribution in [0.4, 0.5) is 11.8 Å². The van der Waals surface area contributed by atoms with Crippen LogP contribution in [0.3, 0.4) is 0 Å². The van der Waals surface area contributed by atoms with E-state index in [4.69, 9.17) is 47.4 Å². The van der Waals surface area contributed by atoms with Crippen LogP contribution in [0.5, 0.6) is 11.5 Å². The van der Waals surface area contributed by atoms with Crippen molar-refractivity contribution in [2.75, 3.05) is 38.1 Å². The fourth-order valence-electron chi connectivity index (χ4n) is 4.62. The number of nitrogens with zero attached hydrogens (tertiary/aromatic N) is 3. The van der Waals surface area contributed by atoms with E-state index in [-0.39, 0.29) is 24.0 Å². The van der Waals surface area contributed by atoms with Crippen LogP contribution < -0.4 is 25.4 Å². The Labute approximate surface area is 236 Å². The van der Waals surface area contributed by atoms with E-state index >= 15 is 0 Å². The van der Waals surface area contributed by atoms with Crippen molar-refractivity contribution in [1.82, 2.24) is 20.3 Å². The molecule has 206 valence electrons. The van der Waals surface area contributed by atoms with Crippen molar-refractivity contribution in [3.05, 3.63) is 41.0 Å². The number of halogens is 2. The highest BCUT2D eigenvalue weighted by atomic mass is 35.5. The van der Waals surface area contributed by atoms with Crippen molar-refractivity contribution in [3.63, 3.8) is 0 Å². The number of nitrogens with one attached hydrogen (secondary N) is 3. The molecule has 1 unspecified atom stereocenters. The van der Waals surface area contributed by atoms with Gasteiger partial charge in [-0.2, -0.15) is 0 Å². The van der Waals surface area contributed by atoms with E-state index in [1.807, 2.05) is 6.07 Å². The average molecular weight is 573 g/mol. The van der Waals surface area contributed by atoms with Gasteiger partial charge < -0.3 is 30.2 Å². The quantitative estimate of drug-likeness (QED) is 0.297. The maximum absolute atomic E-state index is 11.8. The van der Waals surface area contributed by atoms with E-state index in [1.54, 1.807) is 12.3 Å². The van der Waals surface area contributed by atoms with Crippen molar-refractivity contribution in [1.29, 1.82) is 0 Å². The summed E-state index contributed by atoms with van der Waals surface area (Å²) >= 11 is 13.4. The van der Waals surface area contributed by atoms with Crippen molar-refractivity contribution in [2.24, 2.45) is 5.92 Å². The molecule has 3 N–H and O–H groups in total. The number of aromatic nitrogens is 3. The molecular weight excluding hydrogens is 543 g/mol. The molecule has 2 fully saturated rings. The second kappa shape index (κ2) is 11.4. The molecule has 0 radical (unpaired) electrons. The Bertz CT molecular complexity index is 1390. The van der Waals surface area contributed by atoms with Gasteiger partial charge >= 0.3 is 0 Å². The van der Waals surface area contributed by atoms with Crippen LogP contribution in [0.25, 0.3) is 22.2 Å². The Morgan fingerprint density at radius 3 is 2.46 bits per heavy atom. The highest BCUT2D eigenvalue weighted by Gasteiger charge is 2.31. The predicted octanol–water partition coefficient (Wildman–Crippen LogP) is 4.71. The van der Waals surface area contributed by atoms with E-state index < -0.39 is 0 Å². The second-order valence-corrected chi connectivity index (χ2v) is 10.4. The topological polar surface area (TPSA) is 120 Å². The van der Waals surface area contributed by atoms with E-state index in [9.17, 15) is 4.79 Å². The molecule has 39 heavy (non-hydrogen) atoms. The monoisotopic (exact) mass is 572 g/mol. The number of hydrogen-bond acceptors (Lipinski definition) is 9. The van der Waals surface area contributed by atoms with Gasteiger partial charge in [0.25, 0.3) is 0 Å². The smallest absolute Gasteiger partial charge is 0.243 e. The SMILES string of the molecule is C=CC(=O)N[C@H]1COC[C@H]1Nc1ncc2cc(-c3c(Cl)c(OC)cc(OC)c3Cl)nc(NC(C)C3CC3)c2n1. The van der Waals surface area contributed by atoms with E-state index in [0.29, 0.717) is 69.2 Å². The normalized spacial score (nSPS) is 19.4. The number of benzene rings is 1. The van der Waals surface area contributed by atoms with Crippen molar-refractivity contribution in [2.45, 2.75) is 37.9 Å². The number of rotatable bonds is 10. The van der Waals surface area contributed by atoms with E-state index in [0.717, 1.165) is 18.2 Å². The lowest BCUT2D eigenvalue weighted by Gasteiger charge is -2.21. The third kappa shape index (κ3) is 5.68. The molecule has 3 heterocycles. The number of carbonyl (C=O) groups excluding carboxylic acids is 1. The summed E-state index contributed by atoms with van der Waals surface area (Å²) in [5.74, 6) is 2.12. The first-order chi connectivity index (χ1) is 18.8. The standard InChI is InChI=1S/C27H30Cl2N6O4/c1-5-21(36)32-17-11-39-12-18(17)34-27-30-10-15-8-16(22-23(28)19(37-3)9-20(38-4)24(22)29)33-26(25(15)35-27)31-13(2)14-6-7-14/h5,8-10,13-14,17-18H,1,6-7,11-12H2,2-4H3,(H,31,33)(H,32,36)(H,30,34,35)/t13?,17-,18+/m0/s1. The van der Waals surface area contributed by atoms with Crippen LogP contribution in [-0.2, 0) is 9.53 Å². The first-order valence-electron chi connectivity index (χ1n) is 12.6. The van der Waals surface area contributed by atoms with Gasteiger partial charge in [0.2, 0.25) is 11.9 Å². The minimum atomic E-state index is -0.263. The highest BCUT2D eigenvalue weighted by Crippen LogP contribution is 2.46. The number of ether oxygens (including phenoxy) is 3. The summed E-state index contributed by atoms with van der Waals surface area (Å²) in [6, 6.07) is 3.22. The van der Waals surface area contributed by atoms with Crippen molar-refractivity contribution < 1.29 is 19.0 Å². The first kappa shape index (κ1) is 27.2. The third-order valence-electron chi connectivity index (χ3n) is 7.00. The fourth-order valence-corrected chi connectivity index (χ4v) is 5.32. The molecule has 12 heteroatoms. The van der Waals surface area contributed by atoms with Crippen LogP contribution in [-0.4, -0.2) is 66.4 Å². The molecule has 5 rings (SSSR count). The maximum atomic E-state index is 11.8. The molecule has 3 aromatic rings. The zero-order valence-electron chi connectivity index (χ0n) is 21.9. The van der Waals surface area contributed by atoms with Gasteiger partial charge in [-0.1, -0.05) is 29.8 Å². The molecule has 1 amide bonds. The van der Waals surface area contributed by atoms with Crippen LogP contribution in [0.2, 0.25) is 10.0 Å². The molecule has 0 spiro atoms. The minimum Gasteiger partial charge on any atom is -0.495 e. The summed E-state index contributed by atoms with van der Waals surface area (Å²) in [5.41, 5.74) is 1.65. The Kier molecular flexibility index (Phi) is 7.97. The fraction of sp³-hybridized carbons (Fsp3) is 0.407. The van der Waals surface area contributed by atoms with Crippen molar-refractivity contribution >= 4 is 51.8 Å². The minimum absolute atomic E-state index is 0.190. The molecule has 1 aromatic carbocycles. The molecule has 1 aliphatic heterocycles. The summed E-state index contributed by atoms with van der Waals surface area (Å²) in [7, 11) is 3.06. The third-order valence-corrected chi connectivity index (χ3v) is 7.75. The molecule has 1 aliphatic carbocycles. The van der Waals surface area contributed by atoms with Gasteiger partial charge in [-0.15, -0.1) is 0 Å². The van der Waals surface area contributed by atoms with Crippen molar-refractivity contribution in [3.8, 4) is 22.8 Å². The summed E-state index contributed by atoms with van der Waals surface area (Å²) in [5, 5.41) is 11.1. The number of pyridine rings is 1. The van der Waals surface area contributed by atoms with Gasteiger partial charge in [-0.05, 0) is 37.8 Å². The Morgan fingerprint density at radius 2 is 1.82 bits per heavy atom. The van der Waals surface area contributed by atoms with Crippen LogP contribution in [0.15, 0.2) is 31.0 Å². The van der Waals surface area contributed by atoms with Gasteiger partial charge in [0.1, 0.15) is 17.0 Å². The molecule has 10 nitrogen and oxygen atoms in total. The van der Waals surface area contributed by atoms with Gasteiger partial charge in [-0.25, -0.2) is 15.0 Å². The highest BCUT2D eigenvalue weighted by molar-refractivity contribution is 6.41. The average Bonchev–Trinajstić information content (AvgIpc) is 3.70.